The van der Waals surface area contributed by atoms with Gasteiger partial charge in [0.2, 0.25) is 0 Å². The van der Waals surface area contributed by atoms with E-state index in [0.29, 0.717) is 6.04 Å². The fourth-order valence-electron chi connectivity index (χ4n) is 1.56. The lowest BCUT2D eigenvalue weighted by Gasteiger charge is -2.14. The predicted octanol–water partition coefficient (Wildman–Crippen LogP) is 2.88. The first-order valence-electron chi connectivity index (χ1n) is 5.43. The van der Waals surface area contributed by atoms with Gasteiger partial charge in [-0.15, -0.1) is 11.3 Å². The zero-order valence-electron chi connectivity index (χ0n) is 9.22. The van der Waals surface area contributed by atoms with Crippen LogP contribution in [0.1, 0.15) is 30.0 Å². The Morgan fingerprint density at radius 2 is 2.44 bits per heavy atom. The third-order valence-corrected chi connectivity index (χ3v) is 3.75. The van der Waals surface area contributed by atoms with Gasteiger partial charge >= 0.3 is 0 Å². The second-order valence-corrected chi connectivity index (χ2v) is 5.21. The van der Waals surface area contributed by atoms with Gasteiger partial charge in [-0.1, -0.05) is 13.0 Å². The average molecular weight is 253 g/mol. The summed E-state index contributed by atoms with van der Waals surface area (Å²) in [5, 5.41) is 5.64. The van der Waals surface area contributed by atoms with Gasteiger partial charge in [-0.2, -0.15) is 8.75 Å². The number of hydrogen-bond acceptors (Lipinski definition) is 5. The maximum absolute atomic E-state index is 4.32. The van der Waals surface area contributed by atoms with Crippen LogP contribution in [0.4, 0.5) is 0 Å². The van der Waals surface area contributed by atoms with Crippen molar-refractivity contribution in [3.63, 3.8) is 0 Å². The minimum Gasteiger partial charge on any atom is -0.308 e. The summed E-state index contributed by atoms with van der Waals surface area (Å²) in [6.07, 6.45) is 4.01. The molecule has 0 saturated carbocycles. The molecule has 0 bridgehead atoms. The van der Waals surface area contributed by atoms with Crippen molar-refractivity contribution in [1.29, 1.82) is 0 Å². The maximum atomic E-state index is 4.32. The molecule has 16 heavy (non-hydrogen) atoms. The van der Waals surface area contributed by atoms with Crippen molar-refractivity contribution >= 4 is 23.1 Å². The van der Waals surface area contributed by atoms with Crippen LogP contribution in [0.2, 0.25) is 0 Å². The standard InChI is InChI=1S/C11H15N3S2/c1-2-5-12-10(11-8-13-16-14-11)7-9-4-3-6-15-9/h3-4,6,8,10,12H,2,5,7H2,1H3. The number of aromatic nitrogens is 2. The Morgan fingerprint density at radius 1 is 1.50 bits per heavy atom. The minimum atomic E-state index is 0.303. The van der Waals surface area contributed by atoms with E-state index in [1.807, 2.05) is 6.20 Å². The molecule has 3 nitrogen and oxygen atoms in total. The highest BCUT2D eigenvalue weighted by molar-refractivity contribution is 7.09. The molecular formula is C11H15N3S2. The van der Waals surface area contributed by atoms with E-state index < -0.39 is 0 Å². The normalized spacial score (nSPS) is 12.8. The van der Waals surface area contributed by atoms with Gasteiger partial charge in [0.15, 0.2) is 0 Å². The van der Waals surface area contributed by atoms with Crippen molar-refractivity contribution in [1.82, 2.24) is 14.1 Å². The molecule has 5 heteroatoms. The summed E-state index contributed by atoms with van der Waals surface area (Å²) < 4.78 is 8.40. The number of nitrogens with zero attached hydrogens (tertiary/aromatic N) is 2. The lowest BCUT2D eigenvalue weighted by molar-refractivity contribution is 0.524. The summed E-state index contributed by atoms with van der Waals surface area (Å²) in [5.41, 5.74) is 1.06. The van der Waals surface area contributed by atoms with Crippen LogP contribution in [0, 0.1) is 0 Å². The van der Waals surface area contributed by atoms with Gasteiger partial charge in [0, 0.05) is 11.3 Å². The predicted molar refractivity (Wildman–Crippen MR) is 69.0 cm³/mol. The molecule has 0 spiro atoms. The highest BCUT2D eigenvalue weighted by atomic mass is 32.1. The van der Waals surface area contributed by atoms with E-state index in [4.69, 9.17) is 0 Å². The van der Waals surface area contributed by atoms with Crippen molar-refractivity contribution in [2.24, 2.45) is 0 Å². The molecule has 0 aliphatic carbocycles. The van der Waals surface area contributed by atoms with Crippen molar-refractivity contribution in [3.05, 3.63) is 34.3 Å². The van der Waals surface area contributed by atoms with E-state index in [1.54, 1.807) is 11.3 Å². The van der Waals surface area contributed by atoms with Crippen LogP contribution in [0.15, 0.2) is 23.7 Å². The van der Waals surface area contributed by atoms with Gasteiger partial charge < -0.3 is 5.32 Å². The van der Waals surface area contributed by atoms with Crippen molar-refractivity contribution in [3.8, 4) is 0 Å². The molecular weight excluding hydrogens is 238 g/mol. The van der Waals surface area contributed by atoms with Crippen LogP contribution < -0.4 is 5.32 Å². The zero-order chi connectivity index (χ0) is 11.2. The van der Waals surface area contributed by atoms with Crippen LogP contribution in [0.5, 0.6) is 0 Å². The Labute approximate surface area is 104 Å². The van der Waals surface area contributed by atoms with Crippen molar-refractivity contribution in [2.45, 2.75) is 25.8 Å². The molecule has 2 rings (SSSR count). The van der Waals surface area contributed by atoms with E-state index in [-0.39, 0.29) is 0 Å². The molecule has 0 saturated heterocycles. The summed E-state index contributed by atoms with van der Waals surface area (Å²) in [4.78, 5) is 1.39. The fraction of sp³-hybridized carbons (Fsp3) is 0.455. The summed E-state index contributed by atoms with van der Waals surface area (Å²) >= 11 is 3.07. The molecule has 0 aliphatic heterocycles. The summed E-state index contributed by atoms with van der Waals surface area (Å²) in [7, 11) is 0. The third-order valence-electron chi connectivity index (χ3n) is 2.36. The third kappa shape index (κ3) is 3.10. The van der Waals surface area contributed by atoms with Gasteiger partial charge in [0.05, 0.1) is 29.7 Å². The molecule has 1 unspecified atom stereocenters. The van der Waals surface area contributed by atoms with E-state index in [1.165, 1.54) is 16.6 Å². The molecule has 0 fully saturated rings. The van der Waals surface area contributed by atoms with Gasteiger partial charge in [-0.25, -0.2) is 0 Å². The molecule has 0 aromatic carbocycles. The Bertz CT molecular complexity index is 383. The number of hydrogen-bond donors (Lipinski definition) is 1. The Morgan fingerprint density at radius 3 is 3.06 bits per heavy atom. The minimum absolute atomic E-state index is 0.303. The molecule has 2 heterocycles. The summed E-state index contributed by atoms with van der Waals surface area (Å²) in [5.74, 6) is 0. The van der Waals surface area contributed by atoms with Crippen LogP contribution in [0.25, 0.3) is 0 Å². The van der Waals surface area contributed by atoms with Gasteiger partial charge in [0.1, 0.15) is 0 Å². The van der Waals surface area contributed by atoms with Crippen molar-refractivity contribution < 1.29 is 0 Å². The van der Waals surface area contributed by atoms with E-state index >= 15 is 0 Å². The summed E-state index contributed by atoms with van der Waals surface area (Å²) in [6.45, 7) is 3.20. The Hall–Kier alpha value is -0.780. The van der Waals surface area contributed by atoms with Gasteiger partial charge in [-0.3, -0.25) is 0 Å². The van der Waals surface area contributed by atoms with Gasteiger partial charge in [-0.05, 0) is 24.4 Å². The smallest absolute Gasteiger partial charge is 0.0915 e. The molecule has 2 aromatic rings. The quantitative estimate of drug-likeness (QED) is 0.860. The Balaban J connectivity index is 2.03. The van der Waals surface area contributed by atoms with E-state index in [2.05, 4.69) is 38.5 Å². The highest BCUT2D eigenvalue weighted by Gasteiger charge is 2.14. The molecule has 1 atom stereocenters. The first kappa shape index (κ1) is 11.7. The molecule has 1 N–H and O–H groups in total. The lowest BCUT2D eigenvalue weighted by atomic mass is 10.1. The highest BCUT2D eigenvalue weighted by Crippen LogP contribution is 2.20. The fourth-order valence-corrected chi connectivity index (χ4v) is 2.78. The van der Waals surface area contributed by atoms with Crippen LogP contribution in [-0.2, 0) is 6.42 Å². The summed E-state index contributed by atoms with van der Waals surface area (Å²) in [6, 6.07) is 4.57. The molecule has 0 aliphatic rings. The average Bonchev–Trinajstić information content (AvgIpc) is 2.96. The number of nitrogens with one attached hydrogen (secondary N) is 1. The second kappa shape index (κ2) is 6.08. The number of rotatable bonds is 6. The van der Waals surface area contributed by atoms with Crippen LogP contribution in [-0.4, -0.2) is 15.3 Å². The Kier molecular flexibility index (Phi) is 4.44. The molecule has 86 valence electrons. The zero-order valence-corrected chi connectivity index (χ0v) is 10.9. The SMILES string of the molecule is CCCNC(Cc1cccs1)c1cnsn1. The molecule has 0 amide bonds. The van der Waals surface area contributed by atoms with Crippen molar-refractivity contribution in [2.75, 3.05) is 6.54 Å². The first-order chi connectivity index (χ1) is 7.90. The largest absolute Gasteiger partial charge is 0.308 e. The monoisotopic (exact) mass is 253 g/mol. The molecule has 0 radical (unpaired) electrons. The van der Waals surface area contributed by atoms with E-state index in [9.17, 15) is 0 Å². The molecule has 2 aromatic heterocycles. The maximum Gasteiger partial charge on any atom is 0.0915 e. The van der Waals surface area contributed by atoms with Crippen LogP contribution in [0.3, 0.4) is 0 Å². The van der Waals surface area contributed by atoms with Gasteiger partial charge in [0.25, 0.3) is 0 Å². The first-order valence-corrected chi connectivity index (χ1v) is 7.04. The lowest BCUT2D eigenvalue weighted by Crippen LogP contribution is -2.24. The van der Waals surface area contributed by atoms with Crippen LogP contribution >= 0.6 is 23.1 Å². The topological polar surface area (TPSA) is 37.8 Å². The van der Waals surface area contributed by atoms with E-state index in [0.717, 1.165) is 25.1 Å². The second-order valence-electron chi connectivity index (χ2n) is 3.62. The number of thiophene rings is 1.